The summed E-state index contributed by atoms with van der Waals surface area (Å²) in [6.45, 7) is 4.29. The zero-order valence-corrected chi connectivity index (χ0v) is 12.3. The summed E-state index contributed by atoms with van der Waals surface area (Å²) in [5.74, 6) is 0. The summed E-state index contributed by atoms with van der Waals surface area (Å²) in [6.07, 6.45) is 2.58. The third-order valence-corrected chi connectivity index (χ3v) is 3.86. The predicted octanol–water partition coefficient (Wildman–Crippen LogP) is 4.59. The molecule has 0 spiro atoms. The van der Waals surface area contributed by atoms with Crippen LogP contribution in [0.1, 0.15) is 18.4 Å². The number of hydrogen-bond donors (Lipinski definition) is 1. The van der Waals surface area contributed by atoms with E-state index in [-0.39, 0.29) is 0 Å². The van der Waals surface area contributed by atoms with Crippen LogP contribution in [0.3, 0.4) is 0 Å². The van der Waals surface area contributed by atoms with Crippen LogP contribution in [0.5, 0.6) is 0 Å². The van der Waals surface area contributed by atoms with Crippen molar-refractivity contribution in [1.29, 1.82) is 0 Å². The lowest BCUT2D eigenvalue weighted by atomic mass is 10.2. The van der Waals surface area contributed by atoms with Gasteiger partial charge in [0.05, 0.1) is 11.4 Å². The van der Waals surface area contributed by atoms with Gasteiger partial charge >= 0.3 is 0 Å². The van der Waals surface area contributed by atoms with Crippen molar-refractivity contribution in [3.63, 3.8) is 0 Å². The summed E-state index contributed by atoms with van der Waals surface area (Å²) in [5, 5.41) is 8.54. The summed E-state index contributed by atoms with van der Waals surface area (Å²) >= 11 is 0. The Labute approximate surface area is 125 Å². The molecule has 2 aromatic rings. The molecule has 0 radical (unpaired) electrons. The molecule has 2 aromatic carbocycles. The SMILES string of the molecule is Cc1cc(/N=N/c2ccc(N3CCCC3)cc2)ccc1N. The summed E-state index contributed by atoms with van der Waals surface area (Å²) in [5.41, 5.74) is 10.6. The topological polar surface area (TPSA) is 54.0 Å². The first-order valence-corrected chi connectivity index (χ1v) is 7.35. The first-order chi connectivity index (χ1) is 10.2. The van der Waals surface area contributed by atoms with Gasteiger partial charge in [-0.1, -0.05) is 0 Å². The number of azo groups is 1. The highest BCUT2D eigenvalue weighted by Gasteiger charge is 2.11. The summed E-state index contributed by atoms with van der Waals surface area (Å²) in [6, 6.07) is 14.0. The first-order valence-electron chi connectivity index (χ1n) is 7.35. The highest BCUT2D eigenvalue weighted by atomic mass is 15.1. The van der Waals surface area contributed by atoms with E-state index in [9.17, 15) is 0 Å². The largest absolute Gasteiger partial charge is 0.399 e. The normalized spacial score (nSPS) is 15.0. The zero-order valence-electron chi connectivity index (χ0n) is 12.3. The molecule has 1 aliphatic rings. The van der Waals surface area contributed by atoms with Crippen molar-refractivity contribution >= 4 is 22.7 Å². The van der Waals surface area contributed by atoms with Gasteiger partial charge in [0.2, 0.25) is 0 Å². The van der Waals surface area contributed by atoms with Crippen LogP contribution in [0, 0.1) is 6.92 Å². The molecule has 1 saturated heterocycles. The number of aryl methyl sites for hydroxylation is 1. The van der Waals surface area contributed by atoms with E-state index in [4.69, 9.17) is 5.73 Å². The molecule has 0 amide bonds. The fourth-order valence-electron chi connectivity index (χ4n) is 2.54. The fourth-order valence-corrected chi connectivity index (χ4v) is 2.54. The van der Waals surface area contributed by atoms with Gasteiger partial charge in [0, 0.05) is 24.5 Å². The van der Waals surface area contributed by atoms with Gasteiger partial charge in [-0.15, -0.1) is 0 Å². The van der Waals surface area contributed by atoms with Crippen molar-refractivity contribution in [2.24, 2.45) is 10.2 Å². The Kier molecular flexibility index (Phi) is 3.86. The van der Waals surface area contributed by atoms with Gasteiger partial charge < -0.3 is 10.6 Å². The van der Waals surface area contributed by atoms with Gasteiger partial charge in [0.1, 0.15) is 0 Å². The molecule has 0 aliphatic carbocycles. The minimum absolute atomic E-state index is 0.781. The first kappa shape index (κ1) is 13.6. The Balaban J connectivity index is 1.72. The maximum Gasteiger partial charge on any atom is 0.0861 e. The molecule has 1 heterocycles. The van der Waals surface area contributed by atoms with Crippen molar-refractivity contribution < 1.29 is 0 Å². The molecule has 2 N–H and O–H groups in total. The highest BCUT2D eigenvalue weighted by Crippen LogP contribution is 2.25. The van der Waals surface area contributed by atoms with E-state index in [1.165, 1.54) is 18.5 Å². The maximum atomic E-state index is 5.80. The van der Waals surface area contributed by atoms with E-state index < -0.39 is 0 Å². The lowest BCUT2D eigenvalue weighted by molar-refractivity contribution is 0.949. The molecule has 0 aromatic heterocycles. The van der Waals surface area contributed by atoms with Crippen molar-refractivity contribution in [2.45, 2.75) is 19.8 Å². The van der Waals surface area contributed by atoms with E-state index in [0.717, 1.165) is 35.7 Å². The van der Waals surface area contributed by atoms with E-state index in [1.807, 2.05) is 37.3 Å². The Morgan fingerprint density at radius 3 is 2.19 bits per heavy atom. The quantitative estimate of drug-likeness (QED) is 0.660. The van der Waals surface area contributed by atoms with Crippen molar-refractivity contribution in [2.75, 3.05) is 23.7 Å². The minimum atomic E-state index is 0.781. The van der Waals surface area contributed by atoms with Crippen LogP contribution in [-0.2, 0) is 0 Å². The zero-order chi connectivity index (χ0) is 14.7. The Morgan fingerprint density at radius 1 is 0.905 bits per heavy atom. The van der Waals surface area contributed by atoms with Crippen LogP contribution < -0.4 is 10.6 Å². The number of nitrogens with two attached hydrogens (primary N) is 1. The predicted molar refractivity (Wildman–Crippen MR) is 87.7 cm³/mol. The van der Waals surface area contributed by atoms with Crippen LogP contribution in [0.15, 0.2) is 52.7 Å². The fraction of sp³-hybridized carbons (Fsp3) is 0.294. The molecule has 0 saturated carbocycles. The third-order valence-electron chi connectivity index (χ3n) is 3.86. The van der Waals surface area contributed by atoms with E-state index in [0.29, 0.717) is 0 Å². The Hall–Kier alpha value is -2.36. The van der Waals surface area contributed by atoms with Gasteiger partial charge in [-0.2, -0.15) is 10.2 Å². The van der Waals surface area contributed by atoms with Gasteiger partial charge in [0.25, 0.3) is 0 Å². The van der Waals surface area contributed by atoms with Crippen molar-refractivity contribution in [1.82, 2.24) is 0 Å². The number of rotatable bonds is 3. The second-order valence-electron chi connectivity index (χ2n) is 5.45. The molecule has 1 aliphatic heterocycles. The average Bonchev–Trinajstić information content (AvgIpc) is 3.03. The Morgan fingerprint density at radius 2 is 1.52 bits per heavy atom. The lowest BCUT2D eigenvalue weighted by Gasteiger charge is -2.17. The summed E-state index contributed by atoms with van der Waals surface area (Å²) < 4.78 is 0. The van der Waals surface area contributed by atoms with Crippen molar-refractivity contribution in [3.05, 3.63) is 48.0 Å². The van der Waals surface area contributed by atoms with Gasteiger partial charge in [0.15, 0.2) is 0 Å². The van der Waals surface area contributed by atoms with Crippen LogP contribution in [0.4, 0.5) is 22.7 Å². The van der Waals surface area contributed by atoms with Gasteiger partial charge in [-0.3, -0.25) is 0 Å². The van der Waals surface area contributed by atoms with Gasteiger partial charge in [-0.25, -0.2) is 0 Å². The number of benzene rings is 2. The number of anilines is 2. The Bertz CT molecular complexity index is 640. The van der Waals surface area contributed by atoms with Gasteiger partial charge in [-0.05, 0) is 67.8 Å². The average molecular weight is 280 g/mol. The maximum absolute atomic E-state index is 5.80. The van der Waals surface area contributed by atoms with E-state index in [1.54, 1.807) is 0 Å². The molecule has 21 heavy (non-hydrogen) atoms. The molecule has 0 unspecified atom stereocenters. The lowest BCUT2D eigenvalue weighted by Crippen LogP contribution is -2.17. The van der Waals surface area contributed by atoms with Crippen molar-refractivity contribution in [3.8, 4) is 0 Å². The molecule has 0 atom stereocenters. The second kappa shape index (κ2) is 5.95. The molecule has 3 rings (SSSR count). The molecule has 0 bridgehead atoms. The standard InChI is InChI=1S/C17H20N4/c1-13-12-15(6-9-17(13)18)20-19-14-4-7-16(8-5-14)21-10-2-3-11-21/h4-9,12H,2-3,10-11,18H2,1H3/b20-19+. The number of nitrogens with zero attached hydrogens (tertiary/aromatic N) is 3. The minimum Gasteiger partial charge on any atom is -0.399 e. The van der Waals surface area contributed by atoms with Crippen LogP contribution in [0.2, 0.25) is 0 Å². The number of nitrogen functional groups attached to an aromatic ring is 1. The molecular weight excluding hydrogens is 260 g/mol. The highest BCUT2D eigenvalue weighted by molar-refractivity contribution is 5.55. The third kappa shape index (κ3) is 3.21. The second-order valence-corrected chi connectivity index (χ2v) is 5.45. The van der Waals surface area contributed by atoms with Crippen LogP contribution in [-0.4, -0.2) is 13.1 Å². The smallest absolute Gasteiger partial charge is 0.0861 e. The molecule has 108 valence electrons. The molecule has 4 nitrogen and oxygen atoms in total. The van der Waals surface area contributed by atoms with E-state index in [2.05, 4.69) is 27.3 Å². The molecule has 1 fully saturated rings. The summed E-state index contributed by atoms with van der Waals surface area (Å²) in [4.78, 5) is 2.41. The van der Waals surface area contributed by atoms with Crippen LogP contribution >= 0.6 is 0 Å². The monoisotopic (exact) mass is 280 g/mol. The van der Waals surface area contributed by atoms with Crippen LogP contribution in [0.25, 0.3) is 0 Å². The molecular formula is C17H20N4. The number of hydrogen-bond acceptors (Lipinski definition) is 4. The van der Waals surface area contributed by atoms with E-state index >= 15 is 0 Å². The molecule has 4 heteroatoms. The summed E-state index contributed by atoms with van der Waals surface area (Å²) in [7, 11) is 0.